The van der Waals surface area contributed by atoms with Gasteiger partial charge in [-0.3, -0.25) is 5.10 Å². The van der Waals surface area contributed by atoms with E-state index in [0.717, 1.165) is 60.0 Å². The maximum absolute atomic E-state index is 10.5. The summed E-state index contributed by atoms with van der Waals surface area (Å²) in [6, 6.07) is 24.2. The fraction of sp³-hybridized carbons (Fsp3) is 0.179. The highest BCUT2D eigenvalue weighted by atomic mass is 16.5. The molecule has 5 rings (SSSR count). The van der Waals surface area contributed by atoms with Gasteiger partial charge < -0.3 is 19.6 Å². The summed E-state index contributed by atoms with van der Waals surface area (Å²) in [5, 5.41) is 15.6. The van der Waals surface area contributed by atoms with Gasteiger partial charge in [0.2, 0.25) is 0 Å². The van der Waals surface area contributed by atoms with E-state index in [-0.39, 0.29) is 0 Å². The highest BCUT2D eigenvalue weighted by Gasteiger charge is 2.09. The van der Waals surface area contributed by atoms with E-state index in [1.165, 1.54) is 11.1 Å². The van der Waals surface area contributed by atoms with E-state index in [2.05, 4.69) is 39.4 Å². The lowest BCUT2D eigenvalue weighted by Crippen LogP contribution is -1.93. The summed E-state index contributed by atoms with van der Waals surface area (Å²) in [6.07, 6.45) is 5.93. The second-order valence-electron chi connectivity index (χ2n) is 8.02. The summed E-state index contributed by atoms with van der Waals surface area (Å²) < 4.78 is 6.07. The number of aromatic nitrogens is 4. The van der Waals surface area contributed by atoms with Crippen molar-refractivity contribution >= 4 is 17.2 Å². The highest BCUT2D eigenvalue weighted by Crippen LogP contribution is 2.28. The molecule has 0 saturated carbocycles. The molecule has 35 heavy (non-hydrogen) atoms. The van der Waals surface area contributed by atoms with E-state index in [0.29, 0.717) is 18.7 Å². The van der Waals surface area contributed by atoms with Crippen molar-refractivity contribution in [3.63, 3.8) is 0 Å². The molecular formula is C28H28N4O3. The average molecular weight is 469 g/mol. The van der Waals surface area contributed by atoms with Crippen LogP contribution < -0.4 is 4.74 Å². The number of nitrogens with one attached hydrogen (secondary N) is 2. The van der Waals surface area contributed by atoms with E-state index >= 15 is 0 Å². The van der Waals surface area contributed by atoms with Crippen LogP contribution in [0, 0.1) is 0 Å². The number of aromatic amines is 2. The second kappa shape index (κ2) is 11.8. The van der Waals surface area contributed by atoms with Crippen molar-refractivity contribution in [1.82, 2.24) is 20.2 Å². The third-order valence-electron chi connectivity index (χ3n) is 5.53. The van der Waals surface area contributed by atoms with Crippen molar-refractivity contribution in [3.05, 3.63) is 95.9 Å². The largest absolute Gasteiger partial charge is 0.457 e. The molecule has 178 valence electrons. The van der Waals surface area contributed by atoms with Crippen molar-refractivity contribution < 1.29 is 14.6 Å². The van der Waals surface area contributed by atoms with Gasteiger partial charge in [0.1, 0.15) is 23.6 Å². The Balaban J connectivity index is 0.00000141. The molecule has 0 spiro atoms. The number of carbonyl (C=O) groups is 1. The number of ether oxygens (including phenoxy) is 1. The van der Waals surface area contributed by atoms with Crippen molar-refractivity contribution in [3.8, 4) is 22.9 Å². The van der Waals surface area contributed by atoms with Gasteiger partial charge in [-0.2, -0.15) is 5.10 Å². The number of carbonyl (C=O) groups excluding carboxylic acids is 1. The van der Waals surface area contributed by atoms with Gasteiger partial charge >= 0.3 is 0 Å². The summed E-state index contributed by atoms with van der Waals surface area (Å²) >= 11 is 0. The predicted molar refractivity (Wildman–Crippen MR) is 137 cm³/mol. The van der Waals surface area contributed by atoms with Gasteiger partial charge in [-0.15, -0.1) is 0 Å². The standard InChI is InChI=1S/C27H24N4O2.CH4O/c32-14-2-1-5-19-6-3-7-20(15-19)16-26-29-27(31-30-26)22-8-4-9-23(18-22)33-24-10-11-25-21(17-24)12-13-28-25;1-2/h3-4,6-15,17-18,28H,1-2,5,16H2,(H,29,30,31);2H,1H3. The molecular weight excluding hydrogens is 440 g/mol. The highest BCUT2D eigenvalue weighted by molar-refractivity contribution is 5.80. The Morgan fingerprint density at radius 3 is 2.66 bits per heavy atom. The quantitative estimate of drug-likeness (QED) is 0.197. The lowest BCUT2D eigenvalue weighted by Gasteiger charge is -2.07. The fourth-order valence-electron chi connectivity index (χ4n) is 3.91. The van der Waals surface area contributed by atoms with Crippen LogP contribution in [-0.4, -0.2) is 38.7 Å². The minimum Gasteiger partial charge on any atom is -0.457 e. The Kier molecular flexibility index (Phi) is 8.04. The fourth-order valence-corrected chi connectivity index (χ4v) is 3.91. The smallest absolute Gasteiger partial charge is 0.181 e. The number of H-pyrrole nitrogens is 2. The first-order valence-electron chi connectivity index (χ1n) is 11.5. The van der Waals surface area contributed by atoms with Gasteiger partial charge in [0.15, 0.2) is 5.82 Å². The molecule has 0 atom stereocenters. The van der Waals surface area contributed by atoms with Crippen LogP contribution in [0.2, 0.25) is 0 Å². The van der Waals surface area contributed by atoms with Crippen molar-refractivity contribution in [2.24, 2.45) is 0 Å². The van der Waals surface area contributed by atoms with Crippen LogP contribution in [-0.2, 0) is 17.6 Å². The van der Waals surface area contributed by atoms with Crippen LogP contribution in [0.25, 0.3) is 22.3 Å². The van der Waals surface area contributed by atoms with E-state index < -0.39 is 0 Å². The number of aldehydes is 1. The molecule has 0 aliphatic rings. The monoisotopic (exact) mass is 468 g/mol. The van der Waals surface area contributed by atoms with Crippen molar-refractivity contribution in [2.75, 3.05) is 7.11 Å². The normalized spacial score (nSPS) is 10.6. The molecule has 0 aliphatic heterocycles. The number of nitrogens with zero attached hydrogens (tertiary/aromatic N) is 2. The van der Waals surface area contributed by atoms with Crippen LogP contribution >= 0.6 is 0 Å². The van der Waals surface area contributed by atoms with Gasteiger partial charge in [-0.05, 0) is 60.4 Å². The first-order chi connectivity index (χ1) is 17.3. The molecule has 0 radical (unpaired) electrons. The molecule has 2 heterocycles. The minimum atomic E-state index is 0.596. The third kappa shape index (κ3) is 6.22. The lowest BCUT2D eigenvalue weighted by molar-refractivity contribution is -0.107. The van der Waals surface area contributed by atoms with Crippen molar-refractivity contribution in [1.29, 1.82) is 0 Å². The van der Waals surface area contributed by atoms with E-state index in [9.17, 15) is 4.79 Å². The SMILES string of the molecule is CO.O=CCCCc1cccc(Cc2nc(-c3cccc(Oc4ccc5[nH]ccc5c4)c3)n[nH]2)c1. The number of fused-ring (bicyclic) bond motifs is 1. The summed E-state index contributed by atoms with van der Waals surface area (Å²) in [5.74, 6) is 2.96. The Morgan fingerprint density at radius 1 is 0.943 bits per heavy atom. The summed E-state index contributed by atoms with van der Waals surface area (Å²) in [5.41, 5.74) is 4.37. The van der Waals surface area contributed by atoms with Gasteiger partial charge in [0.25, 0.3) is 0 Å². The average Bonchev–Trinajstić information content (AvgIpc) is 3.55. The van der Waals surface area contributed by atoms with Crippen LogP contribution in [0.3, 0.4) is 0 Å². The van der Waals surface area contributed by atoms with Crippen molar-refractivity contribution in [2.45, 2.75) is 25.7 Å². The van der Waals surface area contributed by atoms with Gasteiger partial charge in [-0.25, -0.2) is 4.98 Å². The number of benzene rings is 3. The Bertz CT molecular complexity index is 1390. The Labute approximate surface area is 203 Å². The number of unbranched alkanes of at least 4 members (excludes halogenated alkanes) is 1. The molecule has 2 aromatic heterocycles. The summed E-state index contributed by atoms with van der Waals surface area (Å²) in [6.45, 7) is 0. The molecule has 3 aromatic carbocycles. The number of aliphatic hydroxyl groups is 1. The second-order valence-corrected chi connectivity index (χ2v) is 8.02. The summed E-state index contributed by atoms with van der Waals surface area (Å²) in [7, 11) is 1.00. The lowest BCUT2D eigenvalue weighted by atomic mass is 10.0. The Hall–Kier alpha value is -4.23. The van der Waals surface area contributed by atoms with Gasteiger partial charge in [0.05, 0.1) is 0 Å². The topological polar surface area (TPSA) is 104 Å². The number of aryl methyl sites for hydroxylation is 1. The first kappa shape index (κ1) is 23.9. The maximum Gasteiger partial charge on any atom is 0.181 e. The third-order valence-corrected chi connectivity index (χ3v) is 5.53. The van der Waals surface area contributed by atoms with E-state index in [4.69, 9.17) is 14.8 Å². The number of rotatable bonds is 9. The zero-order valence-corrected chi connectivity index (χ0v) is 19.6. The first-order valence-corrected chi connectivity index (χ1v) is 11.5. The maximum atomic E-state index is 10.5. The predicted octanol–water partition coefficient (Wildman–Crippen LogP) is 5.47. The molecule has 0 amide bonds. The molecule has 5 aromatic rings. The molecule has 3 N–H and O–H groups in total. The molecule has 0 bridgehead atoms. The van der Waals surface area contributed by atoms with Gasteiger partial charge in [0, 0.05) is 42.6 Å². The number of hydrogen-bond donors (Lipinski definition) is 3. The number of aliphatic hydroxyl groups excluding tert-OH is 1. The molecule has 0 aliphatic carbocycles. The van der Waals surface area contributed by atoms with E-state index in [1.807, 2.05) is 54.7 Å². The van der Waals surface area contributed by atoms with Crippen LogP contribution in [0.15, 0.2) is 79.0 Å². The van der Waals surface area contributed by atoms with Crippen LogP contribution in [0.4, 0.5) is 0 Å². The molecule has 7 nitrogen and oxygen atoms in total. The molecule has 0 saturated heterocycles. The molecule has 0 unspecified atom stereocenters. The van der Waals surface area contributed by atoms with E-state index in [1.54, 1.807) is 0 Å². The number of hydrogen-bond acceptors (Lipinski definition) is 5. The molecule has 0 fully saturated rings. The zero-order chi connectivity index (χ0) is 24.5. The van der Waals surface area contributed by atoms with Crippen LogP contribution in [0.1, 0.15) is 29.8 Å². The summed E-state index contributed by atoms with van der Waals surface area (Å²) in [4.78, 5) is 18.4. The minimum absolute atomic E-state index is 0.596. The van der Waals surface area contributed by atoms with Crippen LogP contribution in [0.5, 0.6) is 11.5 Å². The Morgan fingerprint density at radius 2 is 1.77 bits per heavy atom. The van der Waals surface area contributed by atoms with Gasteiger partial charge in [-0.1, -0.05) is 36.4 Å². The molecule has 7 heteroatoms. The zero-order valence-electron chi connectivity index (χ0n) is 19.6.